The Labute approximate surface area is 184 Å². The van der Waals surface area contributed by atoms with Crippen LogP contribution < -0.4 is 15.4 Å². The zero-order valence-electron chi connectivity index (χ0n) is 18.3. The highest BCUT2D eigenvalue weighted by Gasteiger charge is 2.29. The molecule has 1 fully saturated rings. The molecule has 0 saturated carbocycles. The third-order valence-corrected chi connectivity index (χ3v) is 6.05. The summed E-state index contributed by atoms with van der Waals surface area (Å²) >= 11 is 0. The van der Waals surface area contributed by atoms with Crippen LogP contribution in [0.1, 0.15) is 23.1 Å². The van der Waals surface area contributed by atoms with Gasteiger partial charge in [0.25, 0.3) is 0 Å². The second kappa shape index (κ2) is 10.3. The van der Waals surface area contributed by atoms with Crippen molar-refractivity contribution in [2.24, 2.45) is 10.9 Å². The van der Waals surface area contributed by atoms with Gasteiger partial charge in [0.05, 0.1) is 6.61 Å². The molecule has 1 amide bonds. The van der Waals surface area contributed by atoms with Crippen LogP contribution in [0.4, 0.5) is 0 Å². The molecule has 6 heteroatoms. The third kappa shape index (κ3) is 5.78. The molecule has 0 aromatic heterocycles. The van der Waals surface area contributed by atoms with Crippen molar-refractivity contribution in [2.45, 2.75) is 25.7 Å². The zero-order chi connectivity index (χ0) is 21.5. The number of aliphatic imine (C=N–C) groups is 1. The fraction of sp³-hybridized carbons (Fsp3) is 0.440. The molecule has 1 saturated heterocycles. The molecule has 0 spiro atoms. The number of ether oxygens (including phenoxy) is 1. The van der Waals surface area contributed by atoms with Gasteiger partial charge in [0, 0.05) is 52.0 Å². The maximum absolute atomic E-state index is 12.4. The normalized spacial score (nSPS) is 18.1. The summed E-state index contributed by atoms with van der Waals surface area (Å²) in [7, 11) is 1.79. The summed E-state index contributed by atoms with van der Waals surface area (Å²) < 4.78 is 5.57. The molecule has 2 aliphatic rings. The Balaban J connectivity index is 1.17. The lowest BCUT2D eigenvalue weighted by Crippen LogP contribution is -2.41. The molecule has 2 aromatic carbocycles. The molecule has 4 rings (SSSR count). The first kappa shape index (κ1) is 21.2. The second-order valence-electron chi connectivity index (χ2n) is 8.32. The van der Waals surface area contributed by atoms with Crippen molar-refractivity contribution in [3.05, 3.63) is 65.2 Å². The first-order chi connectivity index (χ1) is 15.2. The van der Waals surface area contributed by atoms with Gasteiger partial charge >= 0.3 is 0 Å². The number of likely N-dealkylation sites (tertiary alicyclic amines) is 1. The largest absolute Gasteiger partial charge is 0.493 e. The molecule has 1 unspecified atom stereocenters. The Morgan fingerprint density at radius 1 is 1.13 bits per heavy atom. The summed E-state index contributed by atoms with van der Waals surface area (Å²) in [6, 6.07) is 16.8. The van der Waals surface area contributed by atoms with E-state index in [1.54, 1.807) is 7.05 Å². The standard InChI is InChI=1S/C25H32N4O2/c1-26-25(27-12-9-20-7-8-23-22(15-20)11-14-31-23)28-17-21-16-24(30)29(18-21)13-10-19-5-3-2-4-6-19/h2-8,15,21H,9-14,16-18H2,1H3,(H2,26,27,28). The molecular weight excluding hydrogens is 388 g/mol. The Morgan fingerprint density at radius 3 is 2.84 bits per heavy atom. The van der Waals surface area contributed by atoms with E-state index in [1.807, 2.05) is 23.1 Å². The zero-order valence-corrected chi connectivity index (χ0v) is 18.3. The van der Waals surface area contributed by atoms with Crippen molar-refractivity contribution in [3.8, 4) is 5.75 Å². The van der Waals surface area contributed by atoms with Gasteiger partial charge in [0.2, 0.25) is 5.91 Å². The molecule has 2 aliphatic heterocycles. The molecule has 1 atom stereocenters. The summed E-state index contributed by atoms with van der Waals surface area (Å²) in [6.07, 6.45) is 3.45. The van der Waals surface area contributed by atoms with Crippen molar-refractivity contribution in [1.82, 2.24) is 15.5 Å². The minimum Gasteiger partial charge on any atom is -0.493 e. The maximum Gasteiger partial charge on any atom is 0.223 e. The van der Waals surface area contributed by atoms with E-state index in [-0.39, 0.29) is 5.91 Å². The van der Waals surface area contributed by atoms with E-state index in [9.17, 15) is 4.79 Å². The molecule has 0 bridgehead atoms. The Morgan fingerprint density at radius 2 is 2.00 bits per heavy atom. The predicted octanol–water partition coefficient (Wildman–Crippen LogP) is 2.42. The number of carbonyl (C=O) groups excluding carboxylic acids is 1. The van der Waals surface area contributed by atoms with E-state index in [0.717, 1.165) is 63.8 Å². The van der Waals surface area contributed by atoms with Crippen LogP contribution in [0.15, 0.2) is 53.5 Å². The van der Waals surface area contributed by atoms with Gasteiger partial charge in [-0.3, -0.25) is 9.79 Å². The number of hydrogen-bond donors (Lipinski definition) is 2. The number of carbonyl (C=O) groups is 1. The molecule has 6 nitrogen and oxygen atoms in total. The Hall–Kier alpha value is -3.02. The summed E-state index contributed by atoms with van der Waals surface area (Å²) in [5.74, 6) is 2.39. The van der Waals surface area contributed by atoms with Gasteiger partial charge in [-0.25, -0.2) is 0 Å². The number of nitrogens with one attached hydrogen (secondary N) is 2. The van der Waals surface area contributed by atoms with Crippen molar-refractivity contribution >= 4 is 11.9 Å². The number of guanidine groups is 1. The van der Waals surface area contributed by atoms with Gasteiger partial charge in [0.15, 0.2) is 5.96 Å². The van der Waals surface area contributed by atoms with Crippen molar-refractivity contribution < 1.29 is 9.53 Å². The molecule has 0 radical (unpaired) electrons. The van der Waals surface area contributed by atoms with E-state index in [4.69, 9.17) is 4.74 Å². The van der Waals surface area contributed by atoms with Crippen LogP contribution in [-0.4, -0.2) is 56.6 Å². The van der Waals surface area contributed by atoms with Crippen LogP contribution in [0.3, 0.4) is 0 Å². The molecule has 2 heterocycles. The smallest absolute Gasteiger partial charge is 0.223 e. The number of amides is 1. The minimum absolute atomic E-state index is 0.256. The van der Waals surface area contributed by atoms with Crippen molar-refractivity contribution in [2.75, 3.05) is 39.8 Å². The van der Waals surface area contributed by atoms with Crippen LogP contribution in [0.25, 0.3) is 0 Å². The van der Waals surface area contributed by atoms with Crippen LogP contribution in [0.5, 0.6) is 5.75 Å². The molecular formula is C25H32N4O2. The van der Waals surface area contributed by atoms with Gasteiger partial charge < -0.3 is 20.3 Å². The van der Waals surface area contributed by atoms with E-state index < -0.39 is 0 Å². The summed E-state index contributed by atoms with van der Waals surface area (Å²) in [5.41, 5.74) is 3.89. The Bertz CT molecular complexity index is 913. The second-order valence-corrected chi connectivity index (χ2v) is 8.32. The fourth-order valence-electron chi connectivity index (χ4n) is 4.30. The van der Waals surface area contributed by atoms with Crippen LogP contribution >= 0.6 is 0 Å². The SMILES string of the molecule is CN=C(NCCc1ccc2c(c1)CCO2)NCC1CC(=O)N(CCc2ccccc2)C1. The highest BCUT2D eigenvalue weighted by atomic mass is 16.5. The summed E-state index contributed by atoms with van der Waals surface area (Å²) in [6.45, 7) is 3.96. The van der Waals surface area contributed by atoms with Gasteiger partial charge in [-0.05, 0) is 35.6 Å². The molecule has 2 N–H and O–H groups in total. The van der Waals surface area contributed by atoms with Gasteiger partial charge in [-0.1, -0.05) is 42.5 Å². The van der Waals surface area contributed by atoms with E-state index >= 15 is 0 Å². The maximum atomic E-state index is 12.4. The van der Waals surface area contributed by atoms with Crippen LogP contribution in [-0.2, 0) is 24.1 Å². The molecule has 31 heavy (non-hydrogen) atoms. The van der Waals surface area contributed by atoms with Crippen LogP contribution in [0.2, 0.25) is 0 Å². The quantitative estimate of drug-likeness (QED) is 0.509. The van der Waals surface area contributed by atoms with Gasteiger partial charge in [-0.15, -0.1) is 0 Å². The number of rotatable bonds is 8. The monoisotopic (exact) mass is 420 g/mol. The first-order valence-corrected chi connectivity index (χ1v) is 11.2. The Kier molecular flexibility index (Phi) is 7.07. The molecule has 2 aromatic rings. The minimum atomic E-state index is 0.256. The van der Waals surface area contributed by atoms with Gasteiger partial charge in [0.1, 0.15) is 5.75 Å². The highest BCUT2D eigenvalue weighted by Crippen LogP contribution is 2.25. The number of nitrogens with zero attached hydrogens (tertiary/aromatic N) is 2. The third-order valence-electron chi connectivity index (χ3n) is 6.05. The molecule has 164 valence electrons. The van der Waals surface area contributed by atoms with E-state index in [1.165, 1.54) is 16.7 Å². The fourth-order valence-corrected chi connectivity index (χ4v) is 4.30. The predicted molar refractivity (Wildman–Crippen MR) is 124 cm³/mol. The molecule has 0 aliphatic carbocycles. The van der Waals surface area contributed by atoms with E-state index in [2.05, 4.69) is 46.0 Å². The van der Waals surface area contributed by atoms with Crippen molar-refractivity contribution in [3.63, 3.8) is 0 Å². The van der Waals surface area contributed by atoms with Gasteiger partial charge in [-0.2, -0.15) is 0 Å². The van der Waals surface area contributed by atoms with Crippen LogP contribution in [0, 0.1) is 5.92 Å². The average Bonchev–Trinajstić information content (AvgIpc) is 3.41. The average molecular weight is 421 g/mol. The number of hydrogen-bond acceptors (Lipinski definition) is 3. The lowest BCUT2D eigenvalue weighted by Gasteiger charge is -2.18. The highest BCUT2D eigenvalue weighted by molar-refractivity contribution is 5.80. The summed E-state index contributed by atoms with van der Waals surface area (Å²) in [5, 5.41) is 6.78. The number of fused-ring (bicyclic) bond motifs is 1. The number of benzene rings is 2. The lowest BCUT2D eigenvalue weighted by molar-refractivity contribution is -0.127. The van der Waals surface area contributed by atoms with Crippen molar-refractivity contribution in [1.29, 1.82) is 0 Å². The first-order valence-electron chi connectivity index (χ1n) is 11.2. The summed E-state index contributed by atoms with van der Waals surface area (Å²) in [4.78, 5) is 18.7. The topological polar surface area (TPSA) is 66.0 Å². The van der Waals surface area contributed by atoms with E-state index in [0.29, 0.717) is 12.3 Å². The lowest BCUT2D eigenvalue weighted by atomic mass is 10.1.